The summed E-state index contributed by atoms with van der Waals surface area (Å²) in [4.78, 5) is 17.9. The molecule has 5 rings (SSSR count). The zero-order valence-electron chi connectivity index (χ0n) is 15.4. The van der Waals surface area contributed by atoms with Crippen LogP contribution >= 0.6 is 0 Å². The highest BCUT2D eigenvalue weighted by molar-refractivity contribution is 5.83. The van der Waals surface area contributed by atoms with Gasteiger partial charge in [0.05, 0.1) is 35.7 Å². The standard InChI is InChI=1S/C22H19N3O3/c23-14-15-2-1-3-16(12-15)17-4-5-18-19(13-17)24-20-6-7-22(27-10-11-28-22)8-9-25(20)21(18)26/h1-5,12-13H,6-11H2. The number of hydrogen-bond acceptors (Lipinski definition) is 5. The van der Waals surface area contributed by atoms with Crippen molar-refractivity contribution in [2.75, 3.05) is 13.2 Å². The molecule has 1 aromatic heterocycles. The Bertz CT molecular complexity index is 1170. The predicted octanol–water partition coefficient (Wildman–Crippen LogP) is 3.01. The van der Waals surface area contributed by atoms with Gasteiger partial charge in [-0.05, 0) is 35.4 Å². The van der Waals surface area contributed by atoms with Crippen LogP contribution in [-0.2, 0) is 22.4 Å². The Balaban J connectivity index is 1.58. The van der Waals surface area contributed by atoms with Crippen molar-refractivity contribution in [1.82, 2.24) is 9.55 Å². The number of aryl methyl sites for hydroxylation is 1. The zero-order chi connectivity index (χ0) is 19.1. The molecule has 1 saturated heterocycles. The van der Waals surface area contributed by atoms with Gasteiger partial charge >= 0.3 is 0 Å². The molecule has 0 bridgehead atoms. The number of ether oxygens (including phenoxy) is 2. The molecule has 2 aromatic carbocycles. The molecular weight excluding hydrogens is 354 g/mol. The van der Waals surface area contributed by atoms with Crippen molar-refractivity contribution >= 4 is 10.9 Å². The molecule has 1 fully saturated rings. The van der Waals surface area contributed by atoms with E-state index in [9.17, 15) is 4.79 Å². The van der Waals surface area contributed by atoms with Gasteiger partial charge in [-0.25, -0.2) is 4.98 Å². The van der Waals surface area contributed by atoms with Crippen molar-refractivity contribution < 1.29 is 9.47 Å². The molecule has 0 amide bonds. The Morgan fingerprint density at radius 1 is 1.07 bits per heavy atom. The van der Waals surface area contributed by atoms with E-state index in [0.717, 1.165) is 17.0 Å². The minimum Gasteiger partial charge on any atom is -0.347 e. The Morgan fingerprint density at radius 3 is 2.71 bits per heavy atom. The maximum atomic E-state index is 13.1. The van der Waals surface area contributed by atoms with E-state index in [1.165, 1.54) is 0 Å². The molecule has 0 N–H and O–H groups in total. The van der Waals surface area contributed by atoms with Crippen molar-refractivity contribution in [3.63, 3.8) is 0 Å². The molecule has 0 radical (unpaired) electrons. The van der Waals surface area contributed by atoms with Gasteiger partial charge < -0.3 is 9.47 Å². The third-order valence-corrected chi connectivity index (χ3v) is 5.62. The molecule has 0 atom stereocenters. The fourth-order valence-electron chi connectivity index (χ4n) is 4.13. The van der Waals surface area contributed by atoms with Crippen molar-refractivity contribution in [2.45, 2.75) is 31.6 Å². The second kappa shape index (κ2) is 6.55. The number of hydrogen-bond donors (Lipinski definition) is 0. The first-order valence-electron chi connectivity index (χ1n) is 9.49. The molecule has 3 heterocycles. The Kier molecular flexibility index (Phi) is 4.00. The van der Waals surface area contributed by atoms with Crippen molar-refractivity contribution in [2.24, 2.45) is 0 Å². The first-order chi connectivity index (χ1) is 13.7. The summed E-state index contributed by atoms with van der Waals surface area (Å²) in [6.45, 7) is 1.75. The molecule has 0 aliphatic carbocycles. The van der Waals surface area contributed by atoms with Gasteiger partial charge in [-0.1, -0.05) is 18.2 Å². The minimum atomic E-state index is -0.574. The van der Waals surface area contributed by atoms with Gasteiger partial charge in [0.2, 0.25) is 0 Å². The normalized spacial score (nSPS) is 18.0. The second-order valence-electron chi connectivity index (χ2n) is 7.27. The Morgan fingerprint density at radius 2 is 1.89 bits per heavy atom. The summed E-state index contributed by atoms with van der Waals surface area (Å²) in [6.07, 6.45) is 2.00. The SMILES string of the molecule is N#Cc1cccc(-c2ccc3c(=O)n4c(nc3c2)CCC2(CC4)OCCO2)c1. The summed E-state index contributed by atoms with van der Waals surface area (Å²) in [6, 6.07) is 15.3. The molecular formula is C22H19N3O3. The summed E-state index contributed by atoms with van der Waals surface area (Å²) in [7, 11) is 0. The third-order valence-electron chi connectivity index (χ3n) is 5.62. The van der Waals surface area contributed by atoms with Crippen LogP contribution in [0, 0.1) is 11.3 Å². The van der Waals surface area contributed by atoms with Gasteiger partial charge in [0.25, 0.3) is 5.56 Å². The van der Waals surface area contributed by atoms with E-state index in [1.54, 1.807) is 10.6 Å². The molecule has 0 saturated carbocycles. The lowest BCUT2D eigenvalue weighted by molar-refractivity contribution is -0.165. The smallest absolute Gasteiger partial charge is 0.261 e. The second-order valence-corrected chi connectivity index (χ2v) is 7.27. The highest BCUT2D eigenvalue weighted by atomic mass is 16.7. The fraction of sp³-hybridized carbons (Fsp3) is 0.318. The Hall–Kier alpha value is -3.01. The lowest BCUT2D eigenvalue weighted by Gasteiger charge is -2.24. The van der Waals surface area contributed by atoms with Gasteiger partial charge in [-0.2, -0.15) is 5.26 Å². The molecule has 6 nitrogen and oxygen atoms in total. The lowest BCUT2D eigenvalue weighted by atomic mass is 10.0. The van der Waals surface area contributed by atoms with Crippen LogP contribution in [-0.4, -0.2) is 28.6 Å². The van der Waals surface area contributed by atoms with E-state index in [4.69, 9.17) is 19.7 Å². The van der Waals surface area contributed by atoms with Gasteiger partial charge in [-0.15, -0.1) is 0 Å². The van der Waals surface area contributed by atoms with Crippen molar-refractivity contribution in [1.29, 1.82) is 5.26 Å². The number of fused-ring (bicyclic) bond motifs is 2. The zero-order valence-corrected chi connectivity index (χ0v) is 15.4. The topological polar surface area (TPSA) is 77.1 Å². The summed E-state index contributed by atoms with van der Waals surface area (Å²) in [5.74, 6) is 0.200. The van der Waals surface area contributed by atoms with Crippen LogP contribution in [0.2, 0.25) is 0 Å². The van der Waals surface area contributed by atoms with Gasteiger partial charge in [0, 0.05) is 25.8 Å². The van der Waals surface area contributed by atoms with Crippen LogP contribution in [0.5, 0.6) is 0 Å². The molecule has 2 aliphatic heterocycles. The first kappa shape index (κ1) is 17.1. The van der Waals surface area contributed by atoms with E-state index in [1.807, 2.05) is 36.4 Å². The van der Waals surface area contributed by atoms with E-state index < -0.39 is 5.79 Å². The van der Waals surface area contributed by atoms with Crippen LogP contribution in [0.3, 0.4) is 0 Å². The highest BCUT2D eigenvalue weighted by Gasteiger charge is 2.38. The van der Waals surface area contributed by atoms with Gasteiger partial charge in [-0.3, -0.25) is 9.36 Å². The van der Waals surface area contributed by atoms with Crippen LogP contribution < -0.4 is 5.56 Å². The maximum Gasteiger partial charge on any atom is 0.261 e. The van der Waals surface area contributed by atoms with Crippen LogP contribution in [0.25, 0.3) is 22.0 Å². The minimum absolute atomic E-state index is 0.0210. The number of benzene rings is 2. The summed E-state index contributed by atoms with van der Waals surface area (Å²) in [5, 5.41) is 9.74. The van der Waals surface area contributed by atoms with E-state index in [2.05, 4.69) is 6.07 Å². The average Bonchev–Trinajstić information content (AvgIpc) is 3.12. The number of rotatable bonds is 1. The third kappa shape index (κ3) is 2.80. The van der Waals surface area contributed by atoms with Gasteiger partial charge in [0.1, 0.15) is 5.82 Å². The van der Waals surface area contributed by atoms with Crippen molar-refractivity contribution in [3.05, 3.63) is 64.2 Å². The van der Waals surface area contributed by atoms with Gasteiger partial charge in [0.15, 0.2) is 5.79 Å². The molecule has 28 heavy (non-hydrogen) atoms. The number of nitriles is 1. The molecule has 1 spiro atoms. The Labute approximate surface area is 162 Å². The molecule has 140 valence electrons. The summed E-state index contributed by atoms with van der Waals surface area (Å²) >= 11 is 0. The largest absolute Gasteiger partial charge is 0.347 e. The van der Waals surface area contributed by atoms with E-state index in [-0.39, 0.29) is 5.56 Å². The van der Waals surface area contributed by atoms with E-state index in [0.29, 0.717) is 55.5 Å². The number of nitrogens with zero attached hydrogens (tertiary/aromatic N) is 3. The van der Waals surface area contributed by atoms with E-state index >= 15 is 0 Å². The molecule has 2 aliphatic rings. The van der Waals surface area contributed by atoms with Crippen LogP contribution in [0.4, 0.5) is 0 Å². The first-order valence-corrected chi connectivity index (χ1v) is 9.49. The summed E-state index contributed by atoms with van der Waals surface area (Å²) in [5.41, 5.74) is 3.14. The summed E-state index contributed by atoms with van der Waals surface area (Å²) < 4.78 is 13.4. The molecule has 0 unspecified atom stereocenters. The molecule has 6 heteroatoms. The maximum absolute atomic E-state index is 13.1. The molecule has 3 aromatic rings. The monoisotopic (exact) mass is 373 g/mol. The fourth-order valence-corrected chi connectivity index (χ4v) is 4.13. The lowest BCUT2D eigenvalue weighted by Crippen LogP contribution is -2.31. The average molecular weight is 373 g/mol. The van der Waals surface area contributed by atoms with Crippen LogP contribution in [0.1, 0.15) is 24.2 Å². The number of aromatic nitrogens is 2. The quantitative estimate of drug-likeness (QED) is 0.655. The predicted molar refractivity (Wildman–Crippen MR) is 104 cm³/mol. The van der Waals surface area contributed by atoms with Crippen LogP contribution in [0.15, 0.2) is 47.3 Å². The highest BCUT2D eigenvalue weighted by Crippen LogP contribution is 2.32. The van der Waals surface area contributed by atoms with Crippen molar-refractivity contribution in [3.8, 4) is 17.2 Å².